The van der Waals surface area contributed by atoms with E-state index in [1.54, 1.807) is 11.1 Å². The molecule has 324 valence electrons. The van der Waals surface area contributed by atoms with Crippen molar-refractivity contribution in [1.29, 1.82) is 0 Å². The molecule has 1 saturated carbocycles. The molecular weight excluding hydrogens is 789 g/mol. The number of anilines is 3. The number of rotatable bonds is 17. The summed E-state index contributed by atoms with van der Waals surface area (Å²) < 4.78 is 15.9. The Kier molecular flexibility index (Phi) is 14.3. The number of hydrogen-bond donors (Lipinski definition) is 2. The molecular formula is C47H60N8O5S. The fourth-order valence-electron chi connectivity index (χ4n) is 10.0. The Bertz CT molecular complexity index is 2070. The van der Waals surface area contributed by atoms with Gasteiger partial charge >= 0.3 is 0 Å². The minimum Gasteiger partial charge on any atom is -0.371 e. The van der Waals surface area contributed by atoms with E-state index in [9.17, 15) is 23.4 Å². The highest BCUT2D eigenvalue weighted by Crippen LogP contribution is 2.35. The molecule has 2 atom stereocenters. The van der Waals surface area contributed by atoms with Gasteiger partial charge in [-0.1, -0.05) is 43.2 Å². The molecule has 5 aliphatic rings. The van der Waals surface area contributed by atoms with Crippen LogP contribution in [0.5, 0.6) is 0 Å². The van der Waals surface area contributed by atoms with E-state index in [1.165, 1.54) is 31.2 Å². The van der Waals surface area contributed by atoms with E-state index in [4.69, 9.17) is 0 Å². The molecule has 8 rings (SSSR count). The molecule has 13 nitrogen and oxygen atoms in total. The van der Waals surface area contributed by atoms with Crippen LogP contribution in [0.25, 0.3) is 6.08 Å². The third-order valence-corrected chi connectivity index (χ3v) is 15.1. The van der Waals surface area contributed by atoms with Gasteiger partial charge in [-0.05, 0) is 124 Å². The molecule has 14 heteroatoms. The van der Waals surface area contributed by atoms with Gasteiger partial charge in [-0.2, -0.15) is 4.98 Å². The Morgan fingerprint density at radius 3 is 2.41 bits per heavy atom. The van der Waals surface area contributed by atoms with Gasteiger partial charge in [0.05, 0.1) is 10.9 Å². The van der Waals surface area contributed by atoms with Gasteiger partial charge < -0.3 is 34.9 Å². The number of aromatic nitrogens is 2. The minimum atomic E-state index is -1.25. The smallest absolute Gasteiger partial charge is 0.255 e. The van der Waals surface area contributed by atoms with Crippen LogP contribution in [0.4, 0.5) is 17.5 Å². The molecule has 5 heterocycles. The van der Waals surface area contributed by atoms with Crippen LogP contribution in [0.2, 0.25) is 0 Å². The van der Waals surface area contributed by atoms with Gasteiger partial charge in [0.25, 0.3) is 5.91 Å². The van der Waals surface area contributed by atoms with Gasteiger partial charge in [-0.25, -0.2) is 13.5 Å². The van der Waals surface area contributed by atoms with Crippen LogP contribution in [0.1, 0.15) is 110 Å². The molecule has 4 fully saturated rings. The van der Waals surface area contributed by atoms with Crippen molar-refractivity contribution < 1.29 is 23.4 Å². The number of likely N-dealkylation sites (tertiary alicyclic amines) is 1. The lowest BCUT2D eigenvalue weighted by Crippen LogP contribution is -2.41. The Balaban J connectivity index is 0.768. The summed E-state index contributed by atoms with van der Waals surface area (Å²) in [6.07, 6.45) is 19.9. The van der Waals surface area contributed by atoms with E-state index in [2.05, 4.69) is 65.0 Å². The molecule has 0 spiro atoms. The molecule has 61 heavy (non-hydrogen) atoms. The molecule has 3 saturated heterocycles. The van der Waals surface area contributed by atoms with Gasteiger partial charge in [0.2, 0.25) is 12.4 Å². The molecule has 0 bridgehead atoms. The Morgan fingerprint density at radius 2 is 1.67 bits per heavy atom. The first-order chi connectivity index (χ1) is 29.9. The summed E-state index contributed by atoms with van der Waals surface area (Å²) in [5, 5.41) is 6.19. The van der Waals surface area contributed by atoms with Crippen molar-refractivity contribution in [3.8, 4) is 0 Å². The largest absolute Gasteiger partial charge is 0.371 e. The van der Waals surface area contributed by atoms with Crippen molar-refractivity contribution in [1.82, 2.24) is 24.1 Å². The first-order valence-electron chi connectivity index (χ1n) is 22.5. The van der Waals surface area contributed by atoms with E-state index in [1.807, 2.05) is 24.3 Å². The summed E-state index contributed by atoms with van der Waals surface area (Å²) in [5.41, 5.74) is 4.89. The summed E-state index contributed by atoms with van der Waals surface area (Å²) in [5.74, 6) is 2.56. The van der Waals surface area contributed by atoms with Crippen molar-refractivity contribution in [3.63, 3.8) is 0 Å². The maximum atomic E-state index is 13.8. The topological polar surface area (TPSA) is 148 Å². The van der Waals surface area contributed by atoms with Crippen molar-refractivity contribution in [2.45, 2.75) is 106 Å². The number of amides is 2. The van der Waals surface area contributed by atoms with E-state index in [0.29, 0.717) is 67.5 Å². The molecule has 4 aliphatic heterocycles. The summed E-state index contributed by atoms with van der Waals surface area (Å²) in [6, 6.07) is 14.1. The average Bonchev–Trinajstić information content (AvgIpc) is 3.94. The quantitative estimate of drug-likeness (QED) is 0.145. The summed E-state index contributed by atoms with van der Waals surface area (Å²) in [4.78, 5) is 63.6. The predicted octanol–water partition coefficient (Wildman–Crippen LogP) is 6.45. The maximum Gasteiger partial charge on any atom is 0.255 e. The first kappa shape index (κ1) is 42.9. The molecule has 2 N–H and O–H groups in total. The van der Waals surface area contributed by atoms with Gasteiger partial charge in [-0.15, -0.1) is 0 Å². The highest BCUT2D eigenvalue weighted by atomic mass is 32.2. The Labute approximate surface area is 362 Å². The van der Waals surface area contributed by atoms with Crippen LogP contribution in [0.15, 0.2) is 59.6 Å². The normalized spacial score (nSPS) is 21.1. The summed E-state index contributed by atoms with van der Waals surface area (Å²) in [7, 11) is -1.25. The number of nitrogens with zero attached hydrogens (tertiary/aromatic N) is 6. The number of piperidine rings is 3. The first-order valence-corrected chi connectivity index (χ1v) is 23.6. The van der Waals surface area contributed by atoms with Gasteiger partial charge in [0.1, 0.15) is 29.4 Å². The van der Waals surface area contributed by atoms with Crippen molar-refractivity contribution in [3.05, 3.63) is 77.0 Å². The van der Waals surface area contributed by atoms with Crippen LogP contribution in [-0.4, -0.2) is 111 Å². The molecule has 0 radical (unpaired) electrons. The standard InChI is InChI=1S/C47H60N8O5S/c56-26-4-8-42(32-57)55-31-39-27-37(12-13-44(39)46(55)59)36-16-20-52(21-17-36)30-35-14-22-53(23-15-35)41-7-3-9-43(28-41)61(60)54-24-18-40(19-25-54)50-47-48-29-38(45(51-47)49-33-58)11-10-34-5-1-2-6-34/h3,7,9-13,26-29,32-36,40,42H,1-2,4-6,8,14-25,30-31H2,(H2,48,49,50,51,58)/b11-10-. The molecule has 3 aromatic rings. The van der Waals surface area contributed by atoms with Crippen LogP contribution in [0, 0.1) is 11.8 Å². The number of hydrogen-bond acceptors (Lipinski definition) is 10. The number of carbonyl (C=O) groups excluding carboxylic acids is 4. The Morgan fingerprint density at radius 1 is 0.885 bits per heavy atom. The van der Waals surface area contributed by atoms with Gasteiger partial charge in [0, 0.05) is 74.7 Å². The van der Waals surface area contributed by atoms with Crippen LogP contribution >= 0.6 is 0 Å². The van der Waals surface area contributed by atoms with Crippen molar-refractivity contribution in [2.24, 2.45) is 11.8 Å². The molecule has 1 aromatic heterocycles. The number of nitrogens with one attached hydrogen (secondary N) is 2. The minimum absolute atomic E-state index is 0.115. The van der Waals surface area contributed by atoms with E-state index < -0.39 is 17.0 Å². The number of allylic oxidation sites excluding steroid dienone is 1. The number of aldehydes is 2. The average molecular weight is 849 g/mol. The predicted molar refractivity (Wildman–Crippen MR) is 239 cm³/mol. The highest BCUT2D eigenvalue weighted by Gasteiger charge is 2.34. The molecule has 1 aliphatic carbocycles. The lowest BCUT2D eigenvalue weighted by molar-refractivity contribution is -0.112. The fraction of sp³-hybridized carbons (Fsp3) is 0.532. The van der Waals surface area contributed by atoms with Crippen LogP contribution < -0.4 is 15.5 Å². The SMILES string of the molecule is O=CCCC(C=O)N1Cc2cc(C3CCN(CC4CCN(c5cccc(S(=O)N6CCC(Nc7ncc(/C=C\C8CCCC8)c(NC=O)n7)CC6)c5)CC4)CC3)ccc2C1=O. The highest BCUT2D eigenvalue weighted by molar-refractivity contribution is 7.82. The Hall–Kier alpha value is -4.79. The third-order valence-electron chi connectivity index (χ3n) is 13.7. The molecule has 2 unspecified atom stereocenters. The van der Waals surface area contributed by atoms with E-state index >= 15 is 0 Å². The fourth-order valence-corrected chi connectivity index (χ4v) is 11.3. The van der Waals surface area contributed by atoms with Crippen molar-refractivity contribution >= 4 is 59.4 Å². The number of fused-ring (bicyclic) bond motifs is 1. The van der Waals surface area contributed by atoms with E-state index in [0.717, 1.165) is 106 Å². The van der Waals surface area contributed by atoms with Crippen LogP contribution in [0.3, 0.4) is 0 Å². The zero-order valence-corrected chi connectivity index (χ0v) is 36.0. The second kappa shape index (κ2) is 20.4. The molecule has 2 amide bonds. The van der Waals surface area contributed by atoms with Gasteiger partial charge in [0.15, 0.2) is 0 Å². The summed E-state index contributed by atoms with van der Waals surface area (Å²) in [6.45, 7) is 7.03. The second-order valence-corrected chi connectivity index (χ2v) is 19.0. The zero-order valence-electron chi connectivity index (χ0n) is 35.2. The van der Waals surface area contributed by atoms with Crippen molar-refractivity contribution in [2.75, 3.05) is 61.3 Å². The molecule has 2 aromatic carbocycles. The lowest BCUT2D eigenvalue weighted by atomic mass is 9.87. The van der Waals surface area contributed by atoms with E-state index in [-0.39, 0.29) is 18.4 Å². The lowest BCUT2D eigenvalue weighted by Gasteiger charge is -2.38. The number of carbonyl (C=O) groups is 4. The number of benzene rings is 2. The summed E-state index contributed by atoms with van der Waals surface area (Å²) >= 11 is 0. The second-order valence-electron chi connectivity index (χ2n) is 17.6. The van der Waals surface area contributed by atoms with Crippen LogP contribution in [-0.2, 0) is 31.9 Å². The van der Waals surface area contributed by atoms with Gasteiger partial charge in [-0.3, -0.25) is 9.59 Å². The third kappa shape index (κ3) is 10.5. The monoisotopic (exact) mass is 848 g/mol. The zero-order chi connectivity index (χ0) is 42.1. The maximum absolute atomic E-state index is 13.8.